The number of unbranched alkanes of at least 4 members (excludes halogenated alkanes) is 12. The molecule has 142 valence electrons. The Kier molecular flexibility index (Phi) is 14.0. The van der Waals surface area contributed by atoms with E-state index in [1.165, 1.54) is 77.0 Å². The number of rotatable bonds is 15. The minimum atomic E-state index is -0.0284. The molecule has 0 aliphatic carbocycles. The van der Waals surface area contributed by atoms with Crippen molar-refractivity contribution in [2.45, 2.75) is 115 Å². The van der Waals surface area contributed by atoms with Crippen LogP contribution in [0.25, 0.3) is 0 Å². The quantitative estimate of drug-likeness (QED) is 0.260. The molecule has 0 aromatic carbocycles. The first-order valence-corrected chi connectivity index (χ1v) is 11.1. The molecular formula is C21H40O2S. The molecule has 1 heterocycles. The summed E-state index contributed by atoms with van der Waals surface area (Å²) in [6, 6.07) is 0. The average Bonchev–Trinajstić information content (AvgIpc) is 2.59. The second-order valence-electron chi connectivity index (χ2n) is 7.51. The topological polar surface area (TPSA) is 26.3 Å². The molecule has 3 heteroatoms. The maximum atomic E-state index is 12.2. The van der Waals surface area contributed by atoms with Gasteiger partial charge in [0.15, 0.2) is 0 Å². The van der Waals surface area contributed by atoms with Crippen LogP contribution >= 0.6 is 12.6 Å². The van der Waals surface area contributed by atoms with Gasteiger partial charge in [0.25, 0.3) is 0 Å². The lowest BCUT2D eigenvalue weighted by Gasteiger charge is -2.25. The molecule has 1 saturated heterocycles. The van der Waals surface area contributed by atoms with Crippen molar-refractivity contribution in [1.29, 1.82) is 0 Å². The number of ether oxygens (including phenoxy) is 1. The molecule has 0 saturated carbocycles. The summed E-state index contributed by atoms with van der Waals surface area (Å²) in [6.45, 7) is 2.97. The molecule has 0 radical (unpaired) electrons. The summed E-state index contributed by atoms with van der Waals surface area (Å²) in [5.74, 6) is 0.652. The first kappa shape index (κ1) is 22.0. The predicted octanol–water partition coefficient (Wildman–Crippen LogP) is 6.72. The van der Waals surface area contributed by atoms with Gasteiger partial charge >= 0.3 is 0 Å². The van der Waals surface area contributed by atoms with Crippen LogP contribution in [0.15, 0.2) is 0 Å². The fourth-order valence-electron chi connectivity index (χ4n) is 3.59. The third-order valence-electron chi connectivity index (χ3n) is 5.24. The van der Waals surface area contributed by atoms with Gasteiger partial charge in [-0.05, 0) is 19.3 Å². The molecule has 1 rings (SSSR count). The number of Topliss-reactive ketones (excluding diaryl/α,β-unsaturated/α-hetero) is 1. The van der Waals surface area contributed by atoms with E-state index in [1.807, 2.05) is 0 Å². The van der Waals surface area contributed by atoms with E-state index < -0.39 is 0 Å². The highest BCUT2D eigenvalue weighted by molar-refractivity contribution is 7.80. The normalized spacial score (nSPS) is 21.1. The Bertz CT molecular complexity index is 306. The highest BCUT2D eigenvalue weighted by Crippen LogP contribution is 2.24. The second-order valence-corrected chi connectivity index (χ2v) is 8.08. The zero-order valence-electron chi connectivity index (χ0n) is 15.9. The largest absolute Gasteiger partial charge is 0.368 e. The third kappa shape index (κ3) is 11.5. The smallest absolute Gasteiger partial charge is 0.136 e. The highest BCUT2D eigenvalue weighted by atomic mass is 32.1. The van der Waals surface area contributed by atoms with Gasteiger partial charge in [-0.15, -0.1) is 12.6 Å². The molecular weight excluding hydrogens is 316 g/mol. The van der Waals surface area contributed by atoms with Gasteiger partial charge in [-0.3, -0.25) is 4.79 Å². The van der Waals surface area contributed by atoms with E-state index in [4.69, 9.17) is 4.74 Å². The van der Waals surface area contributed by atoms with Crippen LogP contribution < -0.4 is 0 Å². The minimum absolute atomic E-state index is 0.0284. The Morgan fingerprint density at radius 2 is 1.38 bits per heavy atom. The predicted molar refractivity (Wildman–Crippen MR) is 107 cm³/mol. The SMILES string of the molecule is CCCCCCCCCCCCCCCC(=O)C1CCOC(S)C1. The van der Waals surface area contributed by atoms with Crippen molar-refractivity contribution < 1.29 is 9.53 Å². The van der Waals surface area contributed by atoms with Crippen molar-refractivity contribution in [3.8, 4) is 0 Å². The molecule has 0 N–H and O–H groups in total. The van der Waals surface area contributed by atoms with Crippen molar-refractivity contribution in [2.75, 3.05) is 6.61 Å². The van der Waals surface area contributed by atoms with Crippen molar-refractivity contribution in [3.05, 3.63) is 0 Å². The Morgan fingerprint density at radius 3 is 1.88 bits per heavy atom. The molecule has 2 atom stereocenters. The lowest BCUT2D eigenvalue weighted by molar-refractivity contribution is -0.126. The highest BCUT2D eigenvalue weighted by Gasteiger charge is 2.25. The number of ketones is 1. The number of hydrogen-bond acceptors (Lipinski definition) is 3. The standard InChI is InChI=1S/C21H40O2S/c1-2-3-4-5-6-7-8-9-10-11-12-13-14-15-20(22)19-16-17-23-21(24)18-19/h19,21,24H,2-18H2,1H3. The van der Waals surface area contributed by atoms with Gasteiger partial charge in [0, 0.05) is 18.9 Å². The summed E-state index contributed by atoms with van der Waals surface area (Å²) in [6.07, 6.45) is 20.1. The first-order valence-electron chi connectivity index (χ1n) is 10.6. The maximum absolute atomic E-state index is 12.2. The van der Waals surface area contributed by atoms with E-state index in [0.29, 0.717) is 12.4 Å². The molecule has 0 aromatic heterocycles. The van der Waals surface area contributed by atoms with Crippen LogP contribution in [0.4, 0.5) is 0 Å². The molecule has 2 nitrogen and oxygen atoms in total. The van der Waals surface area contributed by atoms with E-state index in [2.05, 4.69) is 19.6 Å². The summed E-state index contributed by atoms with van der Waals surface area (Å²) in [4.78, 5) is 12.2. The second kappa shape index (κ2) is 15.3. The van der Waals surface area contributed by atoms with Gasteiger partial charge < -0.3 is 4.74 Å². The molecule has 0 aromatic rings. The van der Waals surface area contributed by atoms with Crippen molar-refractivity contribution >= 4 is 18.4 Å². The van der Waals surface area contributed by atoms with E-state index in [0.717, 1.165) is 25.7 Å². The lowest BCUT2D eigenvalue weighted by atomic mass is 9.92. The van der Waals surface area contributed by atoms with Crippen LogP contribution in [0.2, 0.25) is 0 Å². The van der Waals surface area contributed by atoms with Crippen LogP contribution in [0.3, 0.4) is 0 Å². The first-order chi connectivity index (χ1) is 11.7. The van der Waals surface area contributed by atoms with Crippen LogP contribution in [0.1, 0.15) is 110 Å². The summed E-state index contributed by atoms with van der Waals surface area (Å²) >= 11 is 4.33. The Morgan fingerprint density at radius 1 is 0.875 bits per heavy atom. The van der Waals surface area contributed by atoms with E-state index >= 15 is 0 Å². The van der Waals surface area contributed by atoms with E-state index in [1.54, 1.807) is 0 Å². The monoisotopic (exact) mass is 356 g/mol. The Labute approximate surface area is 155 Å². The number of thiol groups is 1. The molecule has 0 spiro atoms. The molecule has 1 aliphatic rings. The Balaban J connectivity index is 1.81. The molecule has 24 heavy (non-hydrogen) atoms. The van der Waals surface area contributed by atoms with Crippen LogP contribution in [-0.2, 0) is 9.53 Å². The van der Waals surface area contributed by atoms with Gasteiger partial charge in [-0.1, -0.05) is 84.0 Å². The van der Waals surface area contributed by atoms with Gasteiger partial charge in [0.2, 0.25) is 0 Å². The van der Waals surface area contributed by atoms with Crippen molar-refractivity contribution in [1.82, 2.24) is 0 Å². The Hall–Kier alpha value is -0.0200. The van der Waals surface area contributed by atoms with Gasteiger partial charge in [-0.25, -0.2) is 0 Å². The van der Waals surface area contributed by atoms with Gasteiger partial charge in [0.1, 0.15) is 11.2 Å². The molecule has 0 bridgehead atoms. The van der Waals surface area contributed by atoms with E-state index in [9.17, 15) is 4.79 Å². The summed E-state index contributed by atoms with van der Waals surface area (Å²) < 4.78 is 5.39. The fourth-order valence-corrected chi connectivity index (χ4v) is 3.95. The number of carbonyl (C=O) groups is 1. The molecule has 1 fully saturated rings. The van der Waals surface area contributed by atoms with E-state index in [-0.39, 0.29) is 11.4 Å². The number of hydrogen-bond donors (Lipinski definition) is 1. The summed E-state index contributed by atoms with van der Waals surface area (Å²) in [5, 5.41) is 0. The van der Waals surface area contributed by atoms with Crippen LogP contribution in [0.5, 0.6) is 0 Å². The summed E-state index contributed by atoms with van der Waals surface area (Å²) in [5.41, 5.74) is -0.0284. The zero-order valence-corrected chi connectivity index (χ0v) is 16.8. The van der Waals surface area contributed by atoms with Crippen molar-refractivity contribution in [2.24, 2.45) is 5.92 Å². The van der Waals surface area contributed by atoms with Crippen LogP contribution in [0, 0.1) is 5.92 Å². The van der Waals surface area contributed by atoms with Crippen molar-refractivity contribution in [3.63, 3.8) is 0 Å². The zero-order chi connectivity index (χ0) is 17.5. The molecule has 0 amide bonds. The fraction of sp³-hybridized carbons (Fsp3) is 0.952. The maximum Gasteiger partial charge on any atom is 0.136 e. The molecule has 2 unspecified atom stereocenters. The third-order valence-corrected chi connectivity index (χ3v) is 5.60. The lowest BCUT2D eigenvalue weighted by Crippen LogP contribution is -2.27. The van der Waals surface area contributed by atoms with Gasteiger partial charge in [-0.2, -0.15) is 0 Å². The number of carbonyl (C=O) groups excluding carboxylic acids is 1. The minimum Gasteiger partial charge on any atom is -0.368 e. The van der Waals surface area contributed by atoms with Crippen LogP contribution in [-0.4, -0.2) is 17.8 Å². The summed E-state index contributed by atoms with van der Waals surface area (Å²) in [7, 11) is 0. The average molecular weight is 357 g/mol. The molecule has 1 aliphatic heterocycles. The van der Waals surface area contributed by atoms with Gasteiger partial charge in [0.05, 0.1) is 0 Å².